The van der Waals surface area contributed by atoms with Gasteiger partial charge < -0.3 is 20.1 Å². The second-order valence-corrected chi connectivity index (χ2v) is 6.48. The van der Waals surface area contributed by atoms with Crippen molar-refractivity contribution < 1.29 is 14.3 Å². The van der Waals surface area contributed by atoms with Crippen molar-refractivity contribution in [3.63, 3.8) is 0 Å². The van der Waals surface area contributed by atoms with Gasteiger partial charge in [0, 0.05) is 17.4 Å². The Morgan fingerprint density at radius 2 is 1.54 bits per heavy atom. The molecule has 28 heavy (non-hydrogen) atoms. The Morgan fingerprint density at radius 1 is 0.857 bits per heavy atom. The molecule has 1 amide bonds. The smallest absolute Gasteiger partial charge is 0.228 e. The molecule has 0 atom stereocenters. The number of hydrogen-bond acceptors (Lipinski definition) is 4. The summed E-state index contributed by atoms with van der Waals surface area (Å²) in [6, 6.07) is 21.1. The van der Waals surface area contributed by atoms with Crippen LogP contribution in [0.15, 0.2) is 66.7 Å². The lowest BCUT2D eigenvalue weighted by Crippen LogP contribution is -2.14. The molecule has 5 heteroatoms. The van der Waals surface area contributed by atoms with E-state index in [-0.39, 0.29) is 5.91 Å². The number of methoxy groups -OCH3 is 2. The van der Waals surface area contributed by atoms with Gasteiger partial charge in [-0.1, -0.05) is 29.8 Å². The molecule has 0 aromatic heterocycles. The number of carbonyl (C=O) groups is 1. The van der Waals surface area contributed by atoms with Gasteiger partial charge in [0.2, 0.25) is 5.91 Å². The van der Waals surface area contributed by atoms with Gasteiger partial charge in [-0.25, -0.2) is 0 Å². The molecular weight excluding hydrogens is 352 g/mol. The van der Waals surface area contributed by atoms with Crippen LogP contribution in [0.5, 0.6) is 11.5 Å². The SMILES string of the molecule is COc1ccc(Nc2ccc(NC(=O)Cc3ccc(C)cc3)cc2)c(OC)c1. The molecule has 0 aliphatic heterocycles. The second kappa shape index (κ2) is 8.95. The number of anilines is 3. The van der Waals surface area contributed by atoms with Crippen molar-refractivity contribution in [1.82, 2.24) is 0 Å². The van der Waals surface area contributed by atoms with Crippen LogP contribution in [-0.2, 0) is 11.2 Å². The van der Waals surface area contributed by atoms with Crippen LogP contribution in [0, 0.1) is 6.92 Å². The molecule has 0 spiro atoms. The lowest BCUT2D eigenvalue weighted by atomic mass is 10.1. The first-order valence-electron chi connectivity index (χ1n) is 9.02. The first kappa shape index (κ1) is 19.3. The molecule has 0 heterocycles. The van der Waals surface area contributed by atoms with Crippen LogP contribution in [0.2, 0.25) is 0 Å². The largest absolute Gasteiger partial charge is 0.497 e. The van der Waals surface area contributed by atoms with E-state index in [4.69, 9.17) is 9.47 Å². The Balaban J connectivity index is 1.62. The quantitative estimate of drug-likeness (QED) is 0.613. The number of amides is 1. The molecule has 0 fully saturated rings. The van der Waals surface area contributed by atoms with Crippen molar-refractivity contribution in [2.75, 3.05) is 24.9 Å². The van der Waals surface area contributed by atoms with Gasteiger partial charge in [0.1, 0.15) is 11.5 Å². The highest BCUT2D eigenvalue weighted by atomic mass is 16.5. The first-order valence-corrected chi connectivity index (χ1v) is 9.02. The summed E-state index contributed by atoms with van der Waals surface area (Å²) in [6.45, 7) is 2.03. The molecule has 0 aliphatic rings. The number of rotatable bonds is 7. The Hall–Kier alpha value is -3.47. The summed E-state index contributed by atoms with van der Waals surface area (Å²) in [6.07, 6.45) is 0.351. The van der Waals surface area contributed by atoms with Gasteiger partial charge in [0.05, 0.1) is 26.3 Å². The molecule has 2 N–H and O–H groups in total. The van der Waals surface area contributed by atoms with Crippen molar-refractivity contribution in [2.24, 2.45) is 0 Å². The minimum Gasteiger partial charge on any atom is -0.497 e. The molecular formula is C23H24N2O3. The fourth-order valence-electron chi connectivity index (χ4n) is 2.79. The molecule has 5 nitrogen and oxygen atoms in total. The lowest BCUT2D eigenvalue weighted by molar-refractivity contribution is -0.115. The van der Waals surface area contributed by atoms with Gasteiger partial charge in [-0.2, -0.15) is 0 Å². The Kier molecular flexibility index (Phi) is 6.17. The maximum Gasteiger partial charge on any atom is 0.228 e. The van der Waals surface area contributed by atoms with Crippen molar-refractivity contribution in [3.8, 4) is 11.5 Å². The number of aryl methyl sites for hydroxylation is 1. The topological polar surface area (TPSA) is 59.6 Å². The number of hydrogen-bond donors (Lipinski definition) is 2. The third kappa shape index (κ3) is 5.04. The Labute approximate surface area is 165 Å². The van der Waals surface area contributed by atoms with Crippen LogP contribution in [-0.4, -0.2) is 20.1 Å². The lowest BCUT2D eigenvalue weighted by Gasteiger charge is -2.13. The molecule has 144 valence electrons. The van der Waals surface area contributed by atoms with Crippen molar-refractivity contribution in [3.05, 3.63) is 77.9 Å². The summed E-state index contributed by atoms with van der Waals surface area (Å²) in [4.78, 5) is 12.2. The van der Waals surface area contributed by atoms with Crippen molar-refractivity contribution in [2.45, 2.75) is 13.3 Å². The number of nitrogens with one attached hydrogen (secondary N) is 2. The zero-order chi connectivity index (χ0) is 19.9. The number of benzene rings is 3. The van der Waals surface area contributed by atoms with Crippen molar-refractivity contribution in [1.29, 1.82) is 0 Å². The minimum atomic E-state index is -0.0404. The van der Waals surface area contributed by atoms with Crippen molar-refractivity contribution >= 4 is 23.0 Å². The molecule has 0 bridgehead atoms. The van der Waals surface area contributed by atoms with E-state index >= 15 is 0 Å². The van der Waals surface area contributed by atoms with E-state index in [0.29, 0.717) is 12.2 Å². The first-order chi connectivity index (χ1) is 13.6. The maximum atomic E-state index is 12.2. The van der Waals surface area contributed by atoms with E-state index in [1.165, 1.54) is 5.56 Å². The predicted molar refractivity (Wildman–Crippen MR) is 113 cm³/mol. The van der Waals surface area contributed by atoms with Gasteiger partial charge in [-0.15, -0.1) is 0 Å². The van der Waals surface area contributed by atoms with Crippen LogP contribution in [0.1, 0.15) is 11.1 Å². The van der Waals surface area contributed by atoms with E-state index in [2.05, 4.69) is 10.6 Å². The summed E-state index contributed by atoms with van der Waals surface area (Å²) in [5.74, 6) is 1.38. The summed E-state index contributed by atoms with van der Waals surface area (Å²) < 4.78 is 10.6. The minimum absolute atomic E-state index is 0.0404. The third-order valence-corrected chi connectivity index (χ3v) is 4.34. The predicted octanol–water partition coefficient (Wildman–Crippen LogP) is 4.94. The van der Waals surface area contributed by atoms with E-state index in [1.54, 1.807) is 14.2 Å². The van der Waals surface area contributed by atoms with E-state index in [0.717, 1.165) is 28.4 Å². The normalized spacial score (nSPS) is 10.2. The molecule has 3 aromatic carbocycles. The zero-order valence-electron chi connectivity index (χ0n) is 16.3. The molecule has 0 saturated carbocycles. The molecule has 0 saturated heterocycles. The van der Waals surface area contributed by atoms with E-state index in [1.807, 2.05) is 73.7 Å². The molecule has 3 rings (SSSR count). The summed E-state index contributed by atoms with van der Waals surface area (Å²) in [5, 5.41) is 6.23. The van der Waals surface area contributed by atoms with E-state index in [9.17, 15) is 4.79 Å². The van der Waals surface area contributed by atoms with Gasteiger partial charge >= 0.3 is 0 Å². The highest BCUT2D eigenvalue weighted by molar-refractivity contribution is 5.92. The monoisotopic (exact) mass is 376 g/mol. The Morgan fingerprint density at radius 3 is 2.18 bits per heavy atom. The molecule has 0 aliphatic carbocycles. The highest BCUT2D eigenvalue weighted by Crippen LogP contribution is 2.31. The maximum absolute atomic E-state index is 12.2. The second-order valence-electron chi connectivity index (χ2n) is 6.48. The zero-order valence-corrected chi connectivity index (χ0v) is 16.3. The fourth-order valence-corrected chi connectivity index (χ4v) is 2.79. The third-order valence-electron chi connectivity index (χ3n) is 4.34. The van der Waals surface area contributed by atoms with Gasteiger partial charge in [-0.3, -0.25) is 4.79 Å². The summed E-state index contributed by atoms with van der Waals surface area (Å²) >= 11 is 0. The van der Waals surface area contributed by atoms with Gasteiger partial charge in [-0.05, 0) is 48.9 Å². The average molecular weight is 376 g/mol. The fraction of sp³-hybridized carbons (Fsp3) is 0.174. The van der Waals surface area contributed by atoms with Crippen LogP contribution in [0.25, 0.3) is 0 Å². The molecule has 0 unspecified atom stereocenters. The number of ether oxygens (including phenoxy) is 2. The van der Waals surface area contributed by atoms with Crippen LogP contribution < -0.4 is 20.1 Å². The average Bonchev–Trinajstić information content (AvgIpc) is 2.71. The Bertz CT molecular complexity index is 935. The van der Waals surface area contributed by atoms with E-state index < -0.39 is 0 Å². The van der Waals surface area contributed by atoms with Gasteiger partial charge in [0.15, 0.2) is 0 Å². The van der Waals surface area contributed by atoms with Crippen LogP contribution >= 0.6 is 0 Å². The summed E-state index contributed by atoms with van der Waals surface area (Å²) in [5.41, 5.74) is 4.65. The van der Waals surface area contributed by atoms with Crippen LogP contribution in [0.4, 0.5) is 17.1 Å². The molecule has 3 aromatic rings. The molecule has 0 radical (unpaired) electrons. The summed E-state index contributed by atoms with van der Waals surface area (Å²) in [7, 11) is 3.24. The standard InChI is InChI=1S/C23H24N2O3/c1-16-4-6-17(7-5-16)14-23(26)25-19-10-8-18(9-11-19)24-21-13-12-20(27-2)15-22(21)28-3/h4-13,15,24H,14H2,1-3H3,(H,25,26). The van der Waals surface area contributed by atoms with Gasteiger partial charge in [0.25, 0.3) is 0 Å². The van der Waals surface area contributed by atoms with Crippen LogP contribution in [0.3, 0.4) is 0 Å². The highest BCUT2D eigenvalue weighted by Gasteiger charge is 2.07. The number of carbonyl (C=O) groups excluding carboxylic acids is 1.